The maximum absolute atomic E-state index is 12.1. The Balaban J connectivity index is 2.23. The fraction of sp³-hybridized carbons (Fsp3) is 0.600. The van der Waals surface area contributed by atoms with Gasteiger partial charge < -0.3 is 0 Å². The molecule has 90 valence electrons. The Morgan fingerprint density at radius 1 is 1.44 bits per heavy atom. The zero-order valence-corrected chi connectivity index (χ0v) is 10.8. The lowest BCUT2D eigenvalue weighted by Gasteiger charge is -2.24. The number of hydrogen-bond donors (Lipinski definition) is 0. The van der Waals surface area contributed by atoms with Crippen LogP contribution in [0.4, 0.5) is 0 Å². The Labute approximate surface area is 99.8 Å². The third-order valence-corrected chi connectivity index (χ3v) is 5.85. The second kappa shape index (κ2) is 4.83. The highest BCUT2D eigenvalue weighted by Crippen LogP contribution is 2.26. The number of sulfonamides is 1. The van der Waals surface area contributed by atoms with Gasteiger partial charge in [-0.05, 0) is 31.4 Å². The summed E-state index contributed by atoms with van der Waals surface area (Å²) in [6.45, 7) is 2.96. The molecule has 0 atom stereocenters. The highest BCUT2D eigenvalue weighted by atomic mass is 32.2. The van der Waals surface area contributed by atoms with Crippen molar-refractivity contribution in [2.75, 3.05) is 13.2 Å². The largest absolute Gasteiger partial charge is 0.284 e. The van der Waals surface area contributed by atoms with Gasteiger partial charge in [0.15, 0.2) is 0 Å². The monoisotopic (exact) mass is 261 g/mol. The van der Waals surface area contributed by atoms with Gasteiger partial charge in [-0.25, -0.2) is 8.42 Å². The molecular formula is C10H15NO3S2. The third-order valence-electron chi connectivity index (χ3n) is 2.48. The molecule has 6 heteroatoms. The minimum atomic E-state index is -3.42. The smallest absolute Gasteiger partial charge is 0.274 e. The molecule has 2 heterocycles. The van der Waals surface area contributed by atoms with Crippen molar-refractivity contribution in [1.82, 2.24) is 4.47 Å². The van der Waals surface area contributed by atoms with Crippen LogP contribution in [0.3, 0.4) is 0 Å². The van der Waals surface area contributed by atoms with Crippen molar-refractivity contribution in [1.29, 1.82) is 0 Å². The molecule has 0 radical (unpaired) electrons. The lowest BCUT2D eigenvalue weighted by atomic mass is 10.3. The molecule has 0 unspecified atom stereocenters. The predicted octanol–water partition coefficient (Wildman–Crippen LogP) is 2.03. The summed E-state index contributed by atoms with van der Waals surface area (Å²) in [6.07, 6.45) is 2.66. The van der Waals surface area contributed by atoms with Crippen LogP contribution in [0, 0.1) is 0 Å². The summed E-state index contributed by atoms with van der Waals surface area (Å²) in [6, 6.07) is 3.53. The molecule has 1 aliphatic heterocycles. The highest BCUT2D eigenvalue weighted by molar-refractivity contribution is 7.91. The first-order valence-corrected chi connectivity index (χ1v) is 7.64. The van der Waals surface area contributed by atoms with Crippen molar-refractivity contribution in [3.63, 3.8) is 0 Å². The maximum atomic E-state index is 12.1. The van der Waals surface area contributed by atoms with Gasteiger partial charge in [0, 0.05) is 11.4 Å². The molecule has 1 fully saturated rings. The number of hydroxylamine groups is 1. The topological polar surface area (TPSA) is 46.6 Å². The third kappa shape index (κ3) is 2.29. The maximum Gasteiger partial charge on any atom is 0.274 e. The summed E-state index contributed by atoms with van der Waals surface area (Å²) in [4.78, 5) is 6.27. The van der Waals surface area contributed by atoms with E-state index >= 15 is 0 Å². The van der Waals surface area contributed by atoms with Crippen LogP contribution in [0.5, 0.6) is 0 Å². The Morgan fingerprint density at radius 2 is 2.25 bits per heavy atom. The van der Waals surface area contributed by atoms with Crippen LogP contribution in [0.2, 0.25) is 0 Å². The van der Waals surface area contributed by atoms with Crippen LogP contribution in [0.25, 0.3) is 0 Å². The van der Waals surface area contributed by atoms with Gasteiger partial charge in [0.25, 0.3) is 10.0 Å². The second-order valence-electron chi connectivity index (χ2n) is 3.65. The summed E-state index contributed by atoms with van der Waals surface area (Å²) in [5.74, 6) is 0. The summed E-state index contributed by atoms with van der Waals surface area (Å²) < 4.78 is 25.8. The van der Waals surface area contributed by atoms with Crippen LogP contribution in [-0.4, -0.2) is 26.0 Å². The molecule has 4 nitrogen and oxygen atoms in total. The normalized spacial score (nSPS) is 18.8. The summed E-state index contributed by atoms with van der Waals surface area (Å²) in [5, 5.41) is 0. The molecule has 16 heavy (non-hydrogen) atoms. The molecule has 1 saturated heterocycles. The first kappa shape index (κ1) is 12.0. The SMILES string of the molecule is CCc1ccc(S(=O)(=O)N2CCCCO2)s1. The van der Waals surface area contributed by atoms with Gasteiger partial charge in [-0.1, -0.05) is 11.4 Å². The van der Waals surface area contributed by atoms with E-state index in [9.17, 15) is 8.42 Å². The van der Waals surface area contributed by atoms with Gasteiger partial charge in [0.2, 0.25) is 0 Å². The van der Waals surface area contributed by atoms with Crippen LogP contribution in [0.1, 0.15) is 24.6 Å². The van der Waals surface area contributed by atoms with E-state index in [1.165, 1.54) is 11.3 Å². The standard InChI is InChI=1S/C10H15NO3S2/c1-2-9-5-6-10(15-9)16(12,13)11-7-3-4-8-14-11/h5-6H,2-4,7-8H2,1H3. The van der Waals surface area contributed by atoms with E-state index in [0.717, 1.165) is 28.6 Å². The Kier molecular flexibility index (Phi) is 3.63. The van der Waals surface area contributed by atoms with Gasteiger partial charge in [-0.3, -0.25) is 4.84 Å². The molecule has 1 aliphatic rings. The van der Waals surface area contributed by atoms with Crippen LogP contribution in [-0.2, 0) is 21.3 Å². The van der Waals surface area contributed by atoms with Crippen LogP contribution < -0.4 is 0 Å². The van der Waals surface area contributed by atoms with Gasteiger partial charge in [0.05, 0.1) is 6.61 Å². The van der Waals surface area contributed by atoms with Crippen molar-refractivity contribution in [2.45, 2.75) is 30.4 Å². The molecule has 0 bridgehead atoms. The zero-order valence-electron chi connectivity index (χ0n) is 9.18. The van der Waals surface area contributed by atoms with E-state index in [2.05, 4.69) is 0 Å². The first-order valence-electron chi connectivity index (χ1n) is 5.39. The van der Waals surface area contributed by atoms with Crippen molar-refractivity contribution in [2.24, 2.45) is 0 Å². The number of rotatable bonds is 3. The Bertz CT molecular complexity index is 446. The number of hydrogen-bond acceptors (Lipinski definition) is 4. The molecule has 0 amide bonds. The van der Waals surface area contributed by atoms with Gasteiger partial charge in [-0.2, -0.15) is 0 Å². The van der Waals surface area contributed by atoms with Crippen LogP contribution >= 0.6 is 11.3 Å². The van der Waals surface area contributed by atoms with Crippen molar-refractivity contribution < 1.29 is 13.3 Å². The predicted molar refractivity (Wildman–Crippen MR) is 62.8 cm³/mol. The fourth-order valence-electron chi connectivity index (χ4n) is 1.55. The number of thiophene rings is 1. The molecule has 0 spiro atoms. The zero-order chi connectivity index (χ0) is 11.6. The Morgan fingerprint density at radius 3 is 2.81 bits per heavy atom. The Hall–Kier alpha value is -0.430. The molecule has 1 aromatic heterocycles. The summed E-state index contributed by atoms with van der Waals surface area (Å²) >= 11 is 1.32. The van der Waals surface area contributed by atoms with Crippen molar-refractivity contribution in [3.05, 3.63) is 17.0 Å². The van der Waals surface area contributed by atoms with Gasteiger partial charge in [0.1, 0.15) is 4.21 Å². The molecule has 2 rings (SSSR count). The first-order chi connectivity index (χ1) is 7.64. The van der Waals surface area contributed by atoms with E-state index in [4.69, 9.17) is 4.84 Å². The molecular weight excluding hydrogens is 246 g/mol. The van der Waals surface area contributed by atoms with E-state index in [-0.39, 0.29) is 0 Å². The van der Waals surface area contributed by atoms with Crippen molar-refractivity contribution in [3.8, 4) is 0 Å². The molecule has 0 aliphatic carbocycles. The van der Waals surface area contributed by atoms with E-state index < -0.39 is 10.0 Å². The van der Waals surface area contributed by atoms with Crippen molar-refractivity contribution >= 4 is 21.4 Å². The minimum Gasteiger partial charge on any atom is -0.284 e. The average molecular weight is 261 g/mol. The second-order valence-corrected chi connectivity index (χ2v) is 6.87. The van der Waals surface area contributed by atoms with Gasteiger partial charge in [-0.15, -0.1) is 11.3 Å². The highest BCUT2D eigenvalue weighted by Gasteiger charge is 2.28. The molecule has 0 N–H and O–H groups in total. The van der Waals surface area contributed by atoms with E-state index in [1.807, 2.05) is 13.0 Å². The molecule has 0 saturated carbocycles. The summed E-state index contributed by atoms with van der Waals surface area (Å²) in [7, 11) is -3.42. The fourth-order valence-corrected chi connectivity index (χ4v) is 4.24. The lowest BCUT2D eigenvalue weighted by Crippen LogP contribution is -2.35. The van der Waals surface area contributed by atoms with Gasteiger partial charge >= 0.3 is 0 Å². The number of nitrogens with zero attached hydrogens (tertiary/aromatic N) is 1. The summed E-state index contributed by atoms with van der Waals surface area (Å²) in [5.41, 5.74) is 0. The van der Waals surface area contributed by atoms with Crippen LogP contribution in [0.15, 0.2) is 16.3 Å². The molecule has 1 aromatic rings. The van der Waals surface area contributed by atoms with E-state index in [1.54, 1.807) is 6.07 Å². The average Bonchev–Trinajstić information content (AvgIpc) is 2.79. The minimum absolute atomic E-state index is 0.381. The molecule has 0 aromatic carbocycles. The number of aryl methyl sites for hydroxylation is 1. The quantitative estimate of drug-likeness (QED) is 0.836. The lowest BCUT2D eigenvalue weighted by molar-refractivity contribution is -0.108. The van der Waals surface area contributed by atoms with E-state index in [0.29, 0.717) is 17.4 Å².